The summed E-state index contributed by atoms with van der Waals surface area (Å²) in [5.41, 5.74) is 2.11. The van der Waals surface area contributed by atoms with E-state index in [0.29, 0.717) is 24.0 Å². The summed E-state index contributed by atoms with van der Waals surface area (Å²) in [4.78, 5) is 4.34. The van der Waals surface area contributed by atoms with Crippen molar-refractivity contribution in [1.82, 2.24) is 25.2 Å². The zero-order valence-corrected chi connectivity index (χ0v) is 13.6. The van der Waals surface area contributed by atoms with Gasteiger partial charge < -0.3 is 19.0 Å². The highest BCUT2D eigenvalue weighted by molar-refractivity contribution is 5.44. The van der Waals surface area contributed by atoms with Gasteiger partial charge in [0.2, 0.25) is 11.7 Å². The molecule has 0 aliphatic carbocycles. The summed E-state index contributed by atoms with van der Waals surface area (Å²) in [6.45, 7) is 3.21. The zero-order valence-electron chi connectivity index (χ0n) is 13.6. The van der Waals surface area contributed by atoms with Crippen LogP contribution in [0.4, 0.5) is 0 Å². The molecule has 0 spiro atoms. The van der Waals surface area contributed by atoms with Crippen molar-refractivity contribution in [2.75, 3.05) is 6.61 Å². The summed E-state index contributed by atoms with van der Waals surface area (Å²) in [5, 5.41) is 11.8. The number of rotatable bonds is 5. The van der Waals surface area contributed by atoms with E-state index in [1.165, 1.54) is 0 Å². The van der Waals surface area contributed by atoms with E-state index in [1.54, 1.807) is 18.4 Å². The Balaban J connectivity index is 1.43. The molecule has 1 aliphatic rings. The number of aryl methyl sites for hydroxylation is 2. The molecule has 8 nitrogen and oxygen atoms in total. The minimum Gasteiger partial charge on any atom is -0.461 e. The highest BCUT2D eigenvalue weighted by Gasteiger charge is 2.32. The smallest absolute Gasteiger partial charge is 0.241 e. The molecule has 0 aromatic carbocycles. The molecule has 4 rings (SSSR count). The third-order valence-corrected chi connectivity index (χ3v) is 4.17. The second-order valence-corrected chi connectivity index (χ2v) is 5.90. The van der Waals surface area contributed by atoms with Crippen LogP contribution < -0.4 is 5.32 Å². The van der Waals surface area contributed by atoms with Gasteiger partial charge in [0.1, 0.15) is 6.10 Å². The fourth-order valence-electron chi connectivity index (χ4n) is 3.05. The van der Waals surface area contributed by atoms with Gasteiger partial charge in [0.05, 0.1) is 18.5 Å². The Morgan fingerprint density at radius 1 is 1.42 bits per heavy atom. The Morgan fingerprint density at radius 3 is 3.08 bits per heavy atom. The maximum absolute atomic E-state index is 5.90. The average Bonchev–Trinajstić information content (AvgIpc) is 3.33. The van der Waals surface area contributed by atoms with Gasteiger partial charge in [-0.1, -0.05) is 5.16 Å². The van der Waals surface area contributed by atoms with Gasteiger partial charge in [-0.05, 0) is 25.5 Å². The van der Waals surface area contributed by atoms with Gasteiger partial charge in [-0.25, -0.2) is 0 Å². The molecule has 0 saturated carbocycles. The van der Waals surface area contributed by atoms with E-state index in [1.807, 2.05) is 24.9 Å². The van der Waals surface area contributed by atoms with Crippen molar-refractivity contribution in [2.45, 2.75) is 32.0 Å². The van der Waals surface area contributed by atoms with Crippen LogP contribution in [0.3, 0.4) is 0 Å². The van der Waals surface area contributed by atoms with E-state index in [-0.39, 0.29) is 12.1 Å². The van der Waals surface area contributed by atoms with Crippen LogP contribution in [0.15, 0.2) is 33.5 Å². The van der Waals surface area contributed by atoms with Gasteiger partial charge in [0, 0.05) is 31.5 Å². The van der Waals surface area contributed by atoms with Crippen LogP contribution in [0, 0.1) is 6.92 Å². The van der Waals surface area contributed by atoms with Crippen molar-refractivity contribution in [2.24, 2.45) is 7.05 Å². The number of ether oxygens (including phenoxy) is 1. The van der Waals surface area contributed by atoms with Crippen molar-refractivity contribution >= 4 is 0 Å². The minimum absolute atomic E-state index is 0.00818. The molecule has 126 valence electrons. The highest BCUT2D eigenvalue weighted by Crippen LogP contribution is 2.31. The van der Waals surface area contributed by atoms with Crippen LogP contribution in [0.2, 0.25) is 0 Å². The molecule has 0 bridgehead atoms. The first-order valence-corrected chi connectivity index (χ1v) is 7.92. The quantitative estimate of drug-likeness (QED) is 0.765. The lowest BCUT2D eigenvalue weighted by molar-refractivity contribution is 0.0973. The fraction of sp³-hybridized carbons (Fsp3) is 0.438. The Kier molecular flexibility index (Phi) is 3.91. The van der Waals surface area contributed by atoms with Crippen LogP contribution in [0.25, 0.3) is 11.6 Å². The van der Waals surface area contributed by atoms with E-state index >= 15 is 0 Å². The topological polar surface area (TPSA) is 91.1 Å². The number of aromatic nitrogens is 4. The first-order chi connectivity index (χ1) is 11.7. The largest absolute Gasteiger partial charge is 0.461 e. The number of nitrogens with zero attached hydrogens (tertiary/aromatic N) is 4. The van der Waals surface area contributed by atoms with Crippen molar-refractivity contribution < 1.29 is 13.7 Å². The standard InChI is InChI=1S/C16H19N5O3/c1-10-11(9-21(2)19-10)15-12(5-7-23-15)17-8-14-18-16(20-24-14)13-4-3-6-22-13/h3-4,6,9,12,15,17H,5,7-8H2,1-2H3/t12-,15+/m0/s1. The highest BCUT2D eigenvalue weighted by atomic mass is 16.5. The number of hydrogen-bond donors (Lipinski definition) is 1. The average molecular weight is 329 g/mol. The predicted octanol–water partition coefficient (Wildman–Crippen LogP) is 1.99. The van der Waals surface area contributed by atoms with E-state index in [2.05, 4.69) is 20.6 Å². The Bertz CT molecular complexity index is 808. The van der Waals surface area contributed by atoms with Crippen molar-refractivity contribution in [1.29, 1.82) is 0 Å². The molecule has 0 radical (unpaired) electrons. The molecule has 8 heteroatoms. The molecule has 1 N–H and O–H groups in total. The Labute approximate surface area is 138 Å². The monoisotopic (exact) mass is 329 g/mol. The van der Waals surface area contributed by atoms with Crippen molar-refractivity contribution in [3.8, 4) is 11.6 Å². The van der Waals surface area contributed by atoms with Gasteiger partial charge in [0.15, 0.2) is 5.76 Å². The maximum Gasteiger partial charge on any atom is 0.241 e. The third-order valence-electron chi connectivity index (χ3n) is 4.17. The normalized spacial score (nSPS) is 20.8. The van der Waals surface area contributed by atoms with E-state index < -0.39 is 0 Å². The van der Waals surface area contributed by atoms with Gasteiger partial charge >= 0.3 is 0 Å². The van der Waals surface area contributed by atoms with Crippen LogP contribution >= 0.6 is 0 Å². The zero-order chi connectivity index (χ0) is 16.5. The van der Waals surface area contributed by atoms with E-state index in [0.717, 1.165) is 24.3 Å². The van der Waals surface area contributed by atoms with Crippen molar-refractivity contribution in [3.05, 3.63) is 41.7 Å². The Morgan fingerprint density at radius 2 is 2.33 bits per heavy atom. The molecule has 1 aliphatic heterocycles. The number of furan rings is 1. The van der Waals surface area contributed by atoms with Gasteiger partial charge in [-0.3, -0.25) is 4.68 Å². The second kappa shape index (κ2) is 6.21. The van der Waals surface area contributed by atoms with Gasteiger partial charge in [-0.15, -0.1) is 0 Å². The Hall–Kier alpha value is -2.45. The van der Waals surface area contributed by atoms with Crippen molar-refractivity contribution in [3.63, 3.8) is 0 Å². The molecular weight excluding hydrogens is 310 g/mol. The van der Waals surface area contributed by atoms with Gasteiger partial charge in [0.25, 0.3) is 0 Å². The molecule has 3 aromatic heterocycles. The predicted molar refractivity (Wildman–Crippen MR) is 83.9 cm³/mol. The first kappa shape index (κ1) is 15.1. The maximum atomic E-state index is 5.90. The minimum atomic E-state index is -0.00818. The van der Waals surface area contributed by atoms with E-state index in [4.69, 9.17) is 13.7 Å². The number of nitrogens with one attached hydrogen (secondary N) is 1. The summed E-state index contributed by atoms with van der Waals surface area (Å²) in [5.74, 6) is 1.58. The lowest BCUT2D eigenvalue weighted by Crippen LogP contribution is -2.31. The summed E-state index contributed by atoms with van der Waals surface area (Å²) in [7, 11) is 1.92. The lowest BCUT2D eigenvalue weighted by Gasteiger charge is -2.18. The number of hydrogen-bond acceptors (Lipinski definition) is 7. The van der Waals surface area contributed by atoms with Crippen LogP contribution in [-0.2, 0) is 18.3 Å². The fourth-order valence-corrected chi connectivity index (χ4v) is 3.05. The summed E-state index contributed by atoms with van der Waals surface area (Å²) >= 11 is 0. The summed E-state index contributed by atoms with van der Waals surface area (Å²) in [6, 6.07) is 3.78. The van der Waals surface area contributed by atoms with Crippen LogP contribution in [0.1, 0.15) is 29.7 Å². The molecule has 0 amide bonds. The summed E-state index contributed by atoms with van der Waals surface area (Å²) in [6.07, 6.45) is 4.52. The molecule has 1 saturated heterocycles. The van der Waals surface area contributed by atoms with Crippen LogP contribution in [0.5, 0.6) is 0 Å². The SMILES string of the molecule is Cc1nn(C)cc1[C@H]1OCC[C@@H]1NCc1nc(-c2ccco2)no1. The third kappa shape index (κ3) is 2.85. The summed E-state index contributed by atoms with van der Waals surface area (Å²) < 4.78 is 18.3. The molecule has 0 unspecified atom stereocenters. The molecule has 1 fully saturated rings. The lowest BCUT2D eigenvalue weighted by atomic mass is 10.0. The molecule has 2 atom stereocenters. The van der Waals surface area contributed by atoms with Crippen LogP contribution in [-0.4, -0.2) is 32.6 Å². The first-order valence-electron chi connectivity index (χ1n) is 7.92. The molecule has 4 heterocycles. The molecule has 24 heavy (non-hydrogen) atoms. The second-order valence-electron chi connectivity index (χ2n) is 5.90. The molecular formula is C16H19N5O3. The van der Waals surface area contributed by atoms with E-state index in [9.17, 15) is 0 Å². The van der Waals surface area contributed by atoms with Gasteiger partial charge in [-0.2, -0.15) is 10.1 Å². The molecule has 3 aromatic rings.